The van der Waals surface area contributed by atoms with Crippen molar-refractivity contribution in [3.63, 3.8) is 0 Å². The molecule has 2 rings (SSSR count). The Labute approximate surface area is 141 Å². The molecule has 1 N–H and O–H groups in total. The first-order valence-electron chi connectivity index (χ1n) is 9.05. The quantitative estimate of drug-likeness (QED) is 0.705. The number of methoxy groups -OCH3 is 1. The van der Waals surface area contributed by atoms with Crippen molar-refractivity contribution < 1.29 is 9.47 Å². The van der Waals surface area contributed by atoms with Gasteiger partial charge in [0.15, 0.2) is 11.5 Å². The predicted octanol–water partition coefficient (Wildman–Crippen LogP) is 3.62. The maximum atomic E-state index is 5.78. The predicted molar refractivity (Wildman–Crippen MR) is 95.5 cm³/mol. The van der Waals surface area contributed by atoms with Crippen LogP contribution >= 0.6 is 0 Å². The standard InChI is InChI=1S/C19H32N2O2/c1-4-6-7-8-17(21-13-11-20-12-14-21)16-9-10-18(22-3)19(15-16)23-5-2/h9-10,15,17,20H,4-8,11-14H2,1-3H3/t17-/m1/s1. The molecule has 0 amide bonds. The molecule has 0 aromatic heterocycles. The van der Waals surface area contributed by atoms with E-state index in [1.165, 1.54) is 31.2 Å². The van der Waals surface area contributed by atoms with Gasteiger partial charge < -0.3 is 14.8 Å². The van der Waals surface area contributed by atoms with Crippen molar-refractivity contribution in [1.82, 2.24) is 10.2 Å². The van der Waals surface area contributed by atoms with E-state index in [4.69, 9.17) is 9.47 Å². The summed E-state index contributed by atoms with van der Waals surface area (Å²) in [7, 11) is 1.70. The minimum Gasteiger partial charge on any atom is -0.493 e. The third-order valence-corrected chi connectivity index (χ3v) is 4.55. The number of rotatable bonds is 9. The zero-order chi connectivity index (χ0) is 16.5. The lowest BCUT2D eigenvalue weighted by atomic mass is 9.97. The molecule has 1 aliphatic rings. The van der Waals surface area contributed by atoms with Crippen LogP contribution in [0.3, 0.4) is 0 Å². The van der Waals surface area contributed by atoms with Gasteiger partial charge in [-0.3, -0.25) is 4.90 Å². The lowest BCUT2D eigenvalue weighted by molar-refractivity contribution is 0.162. The number of unbranched alkanes of at least 4 members (excludes halogenated alkanes) is 2. The van der Waals surface area contributed by atoms with Crippen LogP contribution < -0.4 is 14.8 Å². The summed E-state index contributed by atoms with van der Waals surface area (Å²) in [5, 5.41) is 3.45. The number of nitrogens with one attached hydrogen (secondary N) is 1. The second-order valence-corrected chi connectivity index (χ2v) is 6.14. The molecule has 0 spiro atoms. The highest BCUT2D eigenvalue weighted by Crippen LogP contribution is 2.34. The highest BCUT2D eigenvalue weighted by molar-refractivity contribution is 5.44. The minimum absolute atomic E-state index is 0.480. The summed E-state index contributed by atoms with van der Waals surface area (Å²) in [5.41, 5.74) is 1.35. The first kappa shape index (κ1) is 18.1. The van der Waals surface area contributed by atoms with Gasteiger partial charge in [0.05, 0.1) is 13.7 Å². The Morgan fingerprint density at radius 3 is 2.57 bits per heavy atom. The number of hydrogen-bond acceptors (Lipinski definition) is 4. The Kier molecular flexibility index (Phi) is 7.69. The number of nitrogens with zero attached hydrogens (tertiary/aromatic N) is 1. The average Bonchev–Trinajstić information content (AvgIpc) is 2.60. The molecule has 1 aliphatic heterocycles. The fraction of sp³-hybridized carbons (Fsp3) is 0.684. The van der Waals surface area contributed by atoms with Gasteiger partial charge in [0.25, 0.3) is 0 Å². The molecule has 1 aromatic carbocycles. The number of piperazine rings is 1. The second-order valence-electron chi connectivity index (χ2n) is 6.14. The van der Waals surface area contributed by atoms with Crippen LogP contribution in [0, 0.1) is 0 Å². The third-order valence-electron chi connectivity index (χ3n) is 4.55. The fourth-order valence-corrected chi connectivity index (χ4v) is 3.31. The molecule has 1 aromatic rings. The van der Waals surface area contributed by atoms with Crippen molar-refractivity contribution in [2.75, 3.05) is 39.9 Å². The Balaban J connectivity index is 2.20. The van der Waals surface area contributed by atoms with Crippen molar-refractivity contribution in [3.8, 4) is 11.5 Å². The van der Waals surface area contributed by atoms with Gasteiger partial charge in [0, 0.05) is 32.2 Å². The average molecular weight is 320 g/mol. The molecule has 1 heterocycles. The van der Waals surface area contributed by atoms with E-state index >= 15 is 0 Å². The van der Waals surface area contributed by atoms with Gasteiger partial charge in [-0.1, -0.05) is 32.3 Å². The molecule has 0 unspecified atom stereocenters. The van der Waals surface area contributed by atoms with Crippen molar-refractivity contribution >= 4 is 0 Å². The van der Waals surface area contributed by atoms with Crippen LogP contribution in [0.1, 0.15) is 51.1 Å². The molecule has 1 saturated heterocycles. The molecule has 1 fully saturated rings. The van der Waals surface area contributed by atoms with Crippen LogP contribution in [-0.4, -0.2) is 44.8 Å². The van der Waals surface area contributed by atoms with E-state index in [0.717, 1.165) is 37.7 Å². The van der Waals surface area contributed by atoms with Crippen molar-refractivity contribution in [1.29, 1.82) is 0 Å². The van der Waals surface area contributed by atoms with Gasteiger partial charge in [-0.2, -0.15) is 0 Å². The SMILES string of the molecule is CCCCC[C@H](c1ccc(OC)c(OCC)c1)N1CCNCC1. The minimum atomic E-state index is 0.480. The molecule has 0 saturated carbocycles. The van der Waals surface area contributed by atoms with Crippen molar-refractivity contribution in [2.45, 2.75) is 45.6 Å². The molecule has 1 atom stereocenters. The molecule has 130 valence electrons. The molecule has 0 radical (unpaired) electrons. The molecule has 4 nitrogen and oxygen atoms in total. The maximum Gasteiger partial charge on any atom is 0.161 e. The van der Waals surface area contributed by atoms with Gasteiger partial charge >= 0.3 is 0 Å². The molecule has 0 aliphatic carbocycles. The summed E-state index contributed by atoms with van der Waals surface area (Å²) < 4.78 is 11.2. The number of hydrogen-bond donors (Lipinski definition) is 1. The topological polar surface area (TPSA) is 33.7 Å². The Hall–Kier alpha value is -1.26. The Morgan fingerprint density at radius 2 is 1.91 bits per heavy atom. The Morgan fingerprint density at radius 1 is 1.13 bits per heavy atom. The van der Waals surface area contributed by atoms with Gasteiger partial charge in [0.1, 0.15) is 0 Å². The van der Waals surface area contributed by atoms with E-state index in [1.54, 1.807) is 7.11 Å². The summed E-state index contributed by atoms with van der Waals surface area (Å²) >= 11 is 0. The highest BCUT2D eigenvalue weighted by atomic mass is 16.5. The van der Waals surface area contributed by atoms with Crippen LogP contribution in [0.15, 0.2) is 18.2 Å². The van der Waals surface area contributed by atoms with Gasteiger partial charge in [0.2, 0.25) is 0 Å². The number of benzene rings is 1. The molecule has 0 bridgehead atoms. The summed E-state index contributed by atoms with van der Waals surface area (Å²) in [6, 6.07) is 6.92. The van der Waals surface area contributed by atoms with Crippen LogP contribution in [0.2, 0.25) is 0 Å². The molecular weight excluding hydrogens is 288 g/mol. The summed E-state index contributed by atoms with van der Waals surface area (Å²) in [6.45, 7) is 9.34. The monoisotopic (exact) mass is 320 g/mol. The first-order chi connectivity index (χ1) is 11.3. The first-order valence-corrected chi connectivity index (χ1v) is 9.05. The van der Waals surface area contributed by atoms with E-state index < -0.39 is 0 Å². The number of ether oxygens (including phenoxy) is 2. The lowest BCUT2D eigenvalue weighted by Crippen LogP contribution is -2.45. The summed E-state index contributed by atoms with van der Waals surface area (Å²) in [5.74, 6) is 1.69. The third kappa shape index (κ3) is 5.11. The fourth-order valence-electron chi connectivity index (χ4n) is 3.31. The zero-order valence-electron chi connectivity index (χ0n) is 14.9. The Bertz CT molecular complexity index is 459. The van der Waals surface area contributed by atoms with E-state index in [2.05, 4.69) is 35.3 Å². The van der Waals surface area contributed by atoms with Gasteiger partial charge in [-0.25, -0.2) is 0 Å². The maximum absolute atomic E-state index is 5.78. The molecular formula is C19H32N2O2. The molecule has 23 heavy (non-hydrogen) atoms. The van der Waals surface area contributed by atoms with Crippen LogP contribution in [0.4, 0.5) is 0 Å². The van der Waals surface area contributed by atoms with Crippen LogP contribution in [0.5, 0.6) is 11.5 Å². The summed E-state index contributed by atoms with van der Waals surface area (Å²) in [4.78, 5) is 2.61. The summed E-state index contributed by atoms with van der Waals surface area (Å²) in [6.07, 6.45) is 5.06. The van der Waals surface area contributed by atoms with E-state index in [1.807, 2.05) is 6.92 Å². The molecule has 4 heteroatoms. The lowest BCUT2D eigenvalue weighted by Gasteiger charge is -2.35. The van der Waals surface area contributed by atoms with E-state index in [0.29, 0.717) is 12.6 Å². The van der Waals surface area contributed by atoms with Crippen LogP contribution in [-0.2, 0) is 0 Å². The zero-order valence-corrected chi connectivity index (χ0v) is 14.9. The normalized spacial score (nSPS) is 17.0. The highest BCUT2D eigenvalue weighted by Gasteiger charge is 2.23. The smallest absolute Gasteiger partial charge is 0.161 e. The van der Waals surface area contributed by atoms with Crippen molar-refractivity contribution in [3.05, 3.63) is 23.8 Å². The second kappa shape index (κ2) is 9.78. The van der Waals surface area contributed by atoms with E-state index in [9.17, 15) is 0 Å². The largest absolute Gasteiger partial charge is 0.493 e. The van der Waals surface area contributed by atoms with Crippen molar-refractivity contribution in [2.24, 2.45) is 0 Å². The van der Waals surface area contributed by atoms with Gasteiger partial charge in [-0.15, -0.1) is 0 Å². The van der Waals surface area contributed by atoms with E-state index in [-0.39, 0.29) is 0 Å². The van der Waals surface area contributed by atoms with Gasteiger partial charge in [-0.05, 0) is 31.0 Å². The van der Waals surface area contributed by atoms with Crippen LogP contribution in [0.25, 0.3) is 0 Å².